The summed E-state index contributed by atoms with van der Waals surface area (Å²) in [5, 5.41) is 5.51. The number of carbonyl (C=O) groups is 1. The van der Waals surface area contributed by atoms with Crippen molar-refractivity contribution in [2.24, 2.45) is 0 Å². The van der Waals surface area contributed by atoms with E-state index in [4.69, 9.17) is 0 Å². The van der Waals surface area contributed by atoms with Crippen LogP contribution in [0.5, 0.6) is 0 Å². The van der Waals surface area contributed by atoms with Gasteiger partial charge in [-0.2, -0.15) is 0 Å². The van der Waals surface area contributed by atoms with Gasteiger partial charge in [-0.15, -0.1) is 12.4 Å². The minimum absolute atomic E-state index is 0. The smallest absolute Gasteiger partial charge is 0.240 e. The van der Waals surface area contributed by atoms with Crippen molar-refractivity contribution in [2.45, 2.75) is 18.2 Å². The number of sulfonamides is 1. The lowest BCUT2D eigenvalue weighted by Crippen LogP contribution is -2.30. The Hall–Kier alpha value is -1.15. The zero-order valence-corrected chi connectivity index (χ0v) is 13.1. The van der Waals surface area contributed by atoms with Gasteiger partial charge in [0, 0.05) is 25.2 Å². The van der Waals surface area contributed by atoms with E-state index < -0.39 is 10.0 Å². The van der Waals surface area contributed by atoms with E-state index in [2.05, 4.69) is 15.4 Å². The molecule has 0 aromatic heterocycles. The van der Waals surface area contributed by atoms with Crippen LogP contribution in [0.2, 0.25) is 0 Å². The molecule has 0 saturated carbocycles. The Bertz CT molecular complexity index is 517. The number of amides is 1. The van der Waals surface area contributed by atoms with Crippen molar-refractivity contribution in [1.29, 1.82) is 0 Å². The number of anilines is 1. The third kappa shape index (κ3) is 5.87. The van der Waals surface area contributed by atoms with Crippen LogP contribution >= 0.6 is 12.4 Å². The molecule has 20 heavy (non-hydrogen) atoms. The fraction of sp³-hybridized carbons (Fsp3) is 0.417. The van der Waals surface area contributed by atoms with Gasteiger partial charge in [0.25, 0.3) is 0 Å². The Morgan fingerprint density at radius 3 is 2.25 bits per heavy atom. The van der Waals surface area contributed by atoms with Gasteiger partial charge < -0.3 is 10.6 Å². The minimum Gasteiger partial charge on any atom is -0.326 e. The molecule has 0 unspecified atom stereocenters. The molecule has 0 spiro atoms. The van der Waals surface area contributed by atoms with E-state index in [9.17, 15) is 13.2 Å². The lowest BCUT2D eigenvalue weighted by atomic mass is 10.3. The second-order valence-corrected chi connectivity index (χ2v) is 5.69. The molecule has 0 aliphatic carbocycles. The van der Waals surface area contributed by atoms with Gasteiger partial charge in [-0.25, -0.2) is 13.1 Å². The lowest BCUT2D eigenvalue weighted by molar-refractivity contribution is -0.115. The summed E-state index contributed by atoms with van der Waals surface area (Å²) in [6.07, 6.45) is 0.381. The third-order valence-corrected chi connectivity index (χ3v) is 3.91. The number of halogens is 1. The maximum absolute atomic E-state index is 11.9. The highest BCUT2D eigenvalue weighted by atomic mass is 35.5. The van der Waals surface area contributed by atoms with Gasteiger partial charge in [-0.3, -0.25) is 4.79 Å². The van der Waals surface area contributed by atoms with Crippen molar-refractivity contribution in [3.8, 4) is 0 Å². The molecule has 3 N–H and O–H groups in total. The Balaban J connectivity index is 0.00000361. The fourth-order valence-corrected chi connectivity index (χ4v) is 2.39. The molecule has 0 fully saturated rings. The SMILES string of the molecule is CCC(=O)Nc1ccc(S(=O)(=O)NCCNC)cc1.Cl. The summed E-state index contributed by atoms with van der Waals surface area (Å²) in [5.74, 6) is -0.109. The first-order valence-electron chi connectivity index (χ1n) is 6.03. The monoisotopic (exact) mass is 321 g/mol. The van der Waals surface area contributed by atoms with Crippen LogP contribution in [-0.2, 0) is 14.8 Å². The number of likely N-dealkylation sites (N-methyl/N-ethyl adjacent to an activating group) is 1. The Morgan fingerprint density at radius 1 is 1.15 bits per heavy atom. The highest BCUT2D eigenvalue weighted by molar-refractivity contribution is 7.89. The molecule has 1 aromatic carbocycles. The van der Waals surface area contributed by atoms with Gasteiger partial charge in [-0.05, 0) is 31.3 Å². The van der Waals surface area contributed by atoms with Crippen LogP contribution in [0.4, 0.5) is 5.69 Å². The molecule has 1 aromatic rings. The third-order valence-electron chi connectivity index (χ3n) is 2.44. The zero-order valence-electron chi connectivity index (χ0n) is 11.5. The fourth-order valence-electron chi connectivity index (χ4n) is 1.36. The number of benzene rings is 1. The van der Waals surface area contributed by atoms with Crippen molar-refractivity contribution < 1.29 is 13.2 Å². The molecular weight excluding hydrogens is 302 g/mol. The van der Waals surface area contributed by atoms with E-state index in [-0.39, 0.29) is 23.2 Å². The first-order valence-corrected chi connectivity index (χ1v) is 7.52. The van der Waals surface area contributed by atoms with E-state index >= 15 is 0 Å². The Kier molecular flexibility index (Phi) is 8.40. The van der Waals surface area contributed by atoms with E-state index in [1.807, 2.05) is 0 Å². The largest absolute Gasteiger partial charge is 0.326 e. The second kappa shape index (κ2) is 8.91. The predicted octanol–water partition coefficient (Wildman–Crippen LogP) is 0.955. The normalized spacial score (nSPS) is 10.7. The molecule has 0 saturated heterocycles. The van der Waals surface area contributed by atoms with E-state index in [1.165, 1.54) is 12.1 Å². The highest BCUT2D eigenvalue weighted by Crippen LogP contribution is 2.13. The van der Waals surface area contributed by atoms with Crippen molar-refractivity contribution in [2.75, 3.05) is 25.5 Å². The second-order valence-electron chi connectivity index (χ2n) is 3.93. The van der Waals surface area contributed by atoms with Crippen LogP contribution in [-0.4, -0.2) is 34.5 Å². The number of rotatable bonds is 7. The van der Waals surface area contributed by atoms with Gasteiger partial charge in [0.15, 0.2) is 0 Å². The summed E-state index contributed by atoms with van der Waals surface area (Å²) in [6.45, 7) is 2.64. The van der Waals surface area contributed by atoms with E-state index in [0.717, 1.165) is 0 Å². The lowest BCUT2D eigenvalue weighted by Gasteiger charge is -2.08. The van der Waals surface area contributed by atoms with Crippen molar-refractivity contribution in [3.63, 3.8) is 0 Å². The summed E-state index contributed by atoms with van der Waals surface area (Å²) in [6, 6.07) is 6.07. The van der Waals surface area contributed by atoms with Crippen LogP contribution in [0, 0.1) is 0 Å². The quantitative estimate of drug-likeness (QED) is 0.653. The van der Waals surface area contributed by atoms with Gasteiger partial charge in [0.1, 0.15) is 0 Å². The standard InChI is InChI=1S/C12H19N3O3S.ClH/c1-3-12(16)15-10-4-6-11(7-5-10)19(17,18)14-9-8-13-2;/h4-7,13-14H,3,8-9H2,1-2H3,(H,15,16);1H. The Labute approximate surface area is 125 Å². The molecule has 6 nitrogen and oxygen atoms in total. The van der Waals surface area contributed by atoms with Gasteiger partial charge in [-0.1, -0.05) is 6.92 Å². The average molecular weight is 322 g/mol. The summed E-state index contributed by atoms with van der Waals surface area (Å²) in [7, 11) is -1.74. The summed E-state index contributed by atoms with van der Waals surface area (Å²) < 4.78 is 26.2. The van der Waals surface area contributed by atoms with Gasteiger partial charge in [0.05, 0.1) is 4.90 Å². The van der Waals surface area contributed by atoms with Crippen molar-refractivity contribution >= 4 is 34.0 Å². The number of carbonyl (C=O) groups excluding carboxylic acids is 1. The Morgan fingerprint density at radius 2 is 1.75 bits per heavy atom. The molecule has 0 aliphatic heterocycles. The summed E-state index contributed by atoms with van der Waals surface area (Å²) >= 11 is 0. The maximum Gasteiger partial charge on any atom is 0.240 e. The number of hydrogen-bond acceptors (Lipinski definition) is 4. The number of nitrogens with one attached hydrogen (secondary N) is 3. The van der Waals surface area contributed by atoms with Crippen LogP contribution in [0.3, 0.4) is 0 Å². The summed E-state index contributed by atoms with van der Waals surface area (Å²) in [4.78, 5) is 11.4. The molecule has 8 heteroatoms. The van der Waals surface area contributed by atoms with Gasteiger partial charge >= 0.3 is 0 Å². The van der Waals surface area contributed by atoms with E-state index in [1.54, 1.807) is 26.1 Å². The highest BCUT2D eigenvalue weighted by Gasteiger charge is 2.12. The molecule has 0 radical (unpaired) electrons. The molecule has 0 aliphatic rings. The molecule has 114 valence electrons. The van der Waals surface area contributed by atoms with Crippen molar-refractivity contribution in [3.05, 3.63) is 24.3 Å². The van der Waals surface area contributed by atoms with E-state index in [0.29, 0.717) is 25.2 Å². The zero-order chi connectivity index (χ0) is 14.3. The first kappa shape index (κ1) is 18.9. The average Bonchev–Trinajstić information content (AvgIpc) is 2.39. The number of hydrogen-bond donors (Lipinski definition) is 3. The van der Waals surface area contributed by atoms with Gasteiger partial charge in [0.2, 0.25) is 15.9 Å². The predicted molar refractivity (Wildman–Crippen MR) is 81.7 cm³/mol. The van der Waals surface area contributed by atoms with Crippen LogP contribution < -0.4 is 15.4 Å². The summed E-state index contributed by atoms with van der Waals surface area (Å²) in [5.41, 5.74) is 0.584. The van der Waals surface area contributed by atoms with Crippen LogP contribution in [0.25, 0.3) is 0 Å². The molecule has 0 atom stereocenters. The van der Waals surface area contributed by atoms with Crippen LogP contribution in [0.15, 0.2) is 29.2 Å². The maximum atomic E-state index is 11.9. The van der Waals surface area contributed by atoms with Crippen LogP contribution in [0.1, 0.15) is 13.3 Å². The minimum atomic E-state index is -3.49. The topological polar surface area (TPSA) is 87.3 Å². The molecule has 1 rings (SSSR count). The van der Waals surface area contributed by atoms with Crippen molar-refractivity contribution in [1.82, 2.24) is 10.0 Å². The molecule has 0 heterocycles. The molecule has 1 amide bonds. The molecule has 0 bridgehead atoms. The molecular formula is C12H20ClN3O3S. The first-order chi connectivity index (χ1) is 8.99.